The van der Waals surface area contributed by atoms with Crippen LogP contribution in [0.4, 0.5) is 4.79 Å². The summed E-state index contributed by atoms with van der Waals surface area (Å²) in [5.41, 5.74) is -0.238. The maximum atomic E-state index is 12.8. The van der Waals surface area contributed by atoms with Crippen molar-refractivity contribution in [2.24, 2.45) is 0 Å². The number of likely N-dealkylation sites (tertiary alicyclic amines) is 1. The van der Waals surface area contributed by atoms with Gasteiger partial charge in [0.1, 0.15) is 16.7 Å². The van der Waals surface area contributed by atoms with E-state index in [0.717, 1.165) is 12.8 Å². The molecule has 124 valence electrons. The fraction of sp³-hybridized carbons (Fsp3) is 0.562. The van der Waals surface area contributed by atoms with Crippen LogP contribution in [0.25, 0.3) is 0 Å². The van der Waals surface area contributed by atoms with Gasteiger partial charge in [-0.2, -0.15) is 5.26 Å². The molecular formula is C16H21N3O3S. The van der Waals surface area contributed by atoms with Gasteiger partial charge in [0.15, 0.2) is 0 Å². The Labute approximate surface area is 138 Å². The maximum absolute atomic E-state index is 12.8. The summed E-state index contributed by atoms with van der Waals surface area (Å²) in [4.78, 5) is 17.9. The summed E-state index contributed by atoms with van der Waals surface area (Å²) in [6.45, 7) is 6.39. The summed E-state index contributed by atoms with van der Waals surface area (Å²) in [6, 6.07) is 5.27. The molecule has 7 heteroatoms. The molecule has 1 aliphatic rings. The Morgan fingerprint density at radius 3 is 2.91 bits per heavy atom. The molecule has 2 atom stereocenters. The van der Waals surface area contributed by atoms with E-state index < -0.39 is 16.4 Å². The van der Waals surface area contributed by atoms with Crippen molar-refractivity contribution in [1.82, 2.24) is 9.88 Å². The van der Waals surface area contributed by atoms with Gasteiger partial charge >= 0.3 is 6.09 Å². The van der Waals surface area contributed by atoms with Crippen molar-refractivity contribution in [3.05, 3.63) is 23.9 Å². The summed E-state index contributed by atoms with van der Waals surface area (Å²) in [7, 11) is -1.42. The number of amides is 1. The first-order chi connectivity index (χ1) is 10.8. The SMILES string of the molecule is CC(C)(C)OC(=O)N1CCC[C@@H]([S@](=O)c2ncccc2C#N)C1. The van der Waals surface area contributed by atoms with Gasteiger partial charge in [-0.1, -0.05) is 0 Å². The molecule has 0 N–H and O–H groups in total. The van der Waals surface area contributed by atoms with Crippen LogP contribution in [0.15, 0.2) is 23.4 Å². The highest BCUT2D eigenvalue weighted by atomic mass is 32.2. The minimum Gasteiger partial charge on any atom is -0.444 e. The van der Waals surface area contributed by atoms with E-state index in [2.05, 4.69) is 4.98 Å². The standard InChI is InChI=1S/C16H21N3O3S/c1-16(2,3)22-15(20)19-9-5-7-13(11-19)23(21)14-12(10-17)6-4-8-18-14/h4,6,8,13H,5,7,9,11H2,1-3H3/t13-,23+/m1/s1. The van der Waals surface area contributed by atoms with Crippen molar-refractivity contribution in [2.45, 2.75) is 49.5 Å². The molecule has 0 aromatic carbocycles. The number of aromatic nitrogens is 1. The van der Waals surface area contributed by atoms with Crippen LogP contribution in [0.1, 0.15) is 39.2 Å². The molecule has 23 heavy (non-hydrogen) atoms. The molecule has 2 heterocycles. The Morgan fingerprint density at radius 1 is 1.52 bits per heavy atom. The van der Waals surface area contributed by atoms with E-state index in [0.29, 0.717) is 23.7 Å². The number of ether oxygens (including phenoxy) is 1. The van der Waals surface area contributed by atoms with Crippen LogP contribution < -0.4 is 0 Å². The van der Waals surface area contributed by atoms with Crippen LogP contribution >= 0.6 is 0 Å². The zero-order valence-corrected chi connectivity index (χ0v) is 14.4. The quantitative estimate of drug-likeness (QED) is 0.829. The van der Waals surface area contributed by atoms with Crippen molar-refractivity contribution in [3.63, 3.8) is 0 Å². The predicted octanol–water partition coefficient (Wildman–Crippen LogP) is 2.46. The molecule has 0 unspecified atom stereocenters. The number of carbonyl (C=O) groups is 1. The highest BCUT2D eigenvalue weighted by Gasteiger charge is 2.32. The minimum absolute atomic E-state index is 0.238. The number of nitrogens with zero attached hydrogens (tertiary/aromatic N) is 3. The smallest absolute Gasteiger partial charge is 0.410 e. The fourth-order valence-electron chi connectivity index (χ4n) is 2.40. The molecule has 0 radical (unpaired) electrons. The number of hydrogen-bond acceptors (Lipinski definition) is 5. The van der Waals surface area contributed by atoms with Gasteiger partial charge in [0.25, 0.3) is 0 Å². The van der Waals surface area contributed by atoms with Crippen LogP contribution in [0.3, 0.4) is 0 Å². The molecule has 1 aromatic rings. The third kappa shape index (κ3) is 4.52. The minimum atomic E-state index is -1.42. The lowest BCUT2D eigenvalue weighted by Gasteiger charge is -2.33. The molecule has 6 nitrogen and oxygen atoms in total. The van der Waals surface area contributed by atoms with E-state index in [4.69, 9.17) is 10.00 Å². The van der Waals surface area contributed by atoms with Gasteiger partial charge in [0, 0.05) is 19.3 Å². The second kappa shape index (κ2) is 7.09. The lowest BCUT2D eigenvalue weighted by Crippen LogP contribution is -2.46. The Bertz CT molecular complexity index is 649. The summed E-state index contributed by atoms with van der Waals surface area (Å²) in [5.74, 6) is 0. The zero-order chi connectivity index (χ0) is 17.0. The summed E-state index contributed by atoms with van der Waals surface area (Å²) >= 11 is 0. The highest BCUT2D eigenvalue weighted by Crippen LogP contribution is 2.22. The van der Waals surface area contributed by atoms with Crippen LogP contribution in [0.5, 0.6) is 0 Å². The molecule has 1 amide bonds. The molecule has 1 fully saturated rings. The first-order valence-corrected chi connectivity index (χ1v) is 8.77. The van der Waals surface area contributed by atoms with E-state index in [9.17, 15) is 9.00 Å². The lowest BCUT2D eigenvalue weighted by molar-refractivity contribution is 0.0219. The average Bonchev–Trinajstić information content (AvgIpc) is 2.52. The Kier molecular flexibility index (Phi) is 5.37. The maximum Gasteiger partial charge on any atom is 0.410 e. The molecule has 0 aliphatic carbocycles. The van der Waals surface area contributed by atoms with Gasteiger partial charge in [0.05, 0.1) is 21.6 Å². The van der Waals surface area contributed by atoms with Crippen LogP contribution in [-0.2, 0) is 15.5 Å². The summed E-state index contributed by atoms with van der Waals surface area (Å²) in [6.07, 6.45) is 2.63. The molecule has 0 spiro atoms. The van der Waals surface area contributed by atoms with Crippen LogP contribution in [-0.4, -0.2) is 44.1 Å². The van der Waals surface area contributed by atoms with E-state index in [-0.39, 0.29) is 11.3 Å². The first kappa shape index (κ1) is 17.4. The normalized spacial score (nSPS) is 19.7. The highest BCUT2D eigenvalue weighted by molar-refractivity contribution is 7.85. The Hall–Kier alpha value is -1.94. The molecule has 1 aromatic heterocycles. The molecular weight excluding hydrogens is 314 g/mol. The number of rotatable bonds is 2. The first-order valence-electron chi connectivity index (χ1n) is 7.55. The number of piperidine rings is 1. The monoisotopic (exact) mass is 335 g/mol. The van der Waals surface area contributed by atoms with Crippen molar-refractivity contribution >= 4 is 16.9 Å². The Morgan fingerprint density at radius 2 is 2.26 bits per heavy atom. The number of hydrogen-bond donors (Lipinski definition) is 0. The van der Waals surface area contributed by atoms with E-state index >= 15 is 0 Å². The van der Waals surface area contributed by atoms with Crippen LogP contribution in [0, 0.1) is 11.3 Å². The second-order valence-corrected chi connectivity index (χ2v) is 8.10. The Balaban J connectivity index is 2.11. The van der Waals surface area contributed by atoms with Gasteiger partial charge in [-0.3, -0.25) is 4.21 Å². The second-order valence-electron chi connectivity index (χ2n) is 6.46. The van der Waals surface area contributed by atoms with Gasteiger partial charge in [0.2, 0.25) is 0 Å². The number of nitriles is 1. The fourth-order valence-corrected chi connectivity index (χ4v) is 3.91. The molecule has 1 saturated heterocycles. The van der Waals surface area contributed by atoms with Crippen LogP contribution in [0.2, 0.25) is 0 Å². The lowest BCUT2D eigenvalue weighted by atomic mass is 10.1. The largest absolute Gasteiger partial charge is 0.444 e. The van der Waals surface area contributed by atoms with E-state index in [1.807, 2.05) is 26.8 Å². The average molecular weight is 335 g/mol. The third-order valence-electron chi connectivity index (χ3n) is 3.41. The van der Waals surface area contributed by atoms with Crippen molar-refractivity contribution in [2.75, 3.05) is 13.1 Å². The van der Waals surface area contributed by atoms with Gasteiger partial charge in [-0.05, 0) is 45.7 Å². The van der Waals surface area contributed by atoms with Crippen molar-refractivity contribution < 1.29 is 13.7 Å². The molecule has 0 bridgehead atoms. The molecule has 2 rings (SSSR count). The van der Waals surface area contributed by atoms with Crippen molar-refractivity contribution in [1.29, 1.82) is 5.26 Å². The molecule has 0 saturated carbocycles. The third-order valence-corrected chi connectivity index (χ3v) is 5.11. The van der Waals surface area contributed by atoms with E-state index in [1.165, 1.54) is 6.20 Å². The van der Waals surface area contributed by atoms with Crippen molar-refractivity contribution in [3.8, 4) is 6.07 Å². The predicted molar refractivity (Wildman–Crippen MR) is 86.2 cm³/mol. The topological polar surface area (TPSA) is 83.3 Å². The summed E-state index contributed by atoms with van der Waals surface area (Å²) in [5, 5.41) is 9.18. The number of pyridine rings is 1. The van der Waals surface area contributed by atoms with E-state index in [1.54, 1.807) is 17.0 Å². The zero-order valence-electron chi connectivity index (χ0n) is 13.6. The van der Waals surface area contributed by atoms with Gasteiger partial charge < -0.3 is 9.64 Å². The van der Waals surface area contributed by atoms with Gasteiger partial charge in [-0.15, -0.1) is 0 Å². The number of carbonyl (C=O) groups excluding carboxylic acids is 1. The molecule has 1 aliphatic heterocycles. The van der Waals surface area contributed by atoms with Gasteiger partial charge in [-0.25, -0.2) is 9.78 Å². The summed E-state index contributed by atoms with van der Waals surface area (Å²) < 4.78 is 18.1.